The minimum Gasteiger partial charge on any atom is -0.493 e. The van der Waals surface area contributed by atoms with Crippen molar-refractivity contribution >= 4 is 12.1 Å². The number of rotatable bonds is 8. The molecule has 7 nitrogen and oxygen atoms in total. The first kappa shape index (κ1) is 22.1. The number of alkyl carbamates (subject to hydrolysis) is 1. The number of aliphatic carboxylic acids is 1. The van der Waals surface area contributed by atoms with Gasteiger partial charge in [-0.05, 0) is 44.0 Å². The highest BCUT2D eigenvalue weighted by Gasteiger charge is 2.24. The van der Waals surface area contributed by atoms with E-state index in [4.69, 9.17) is 14.2 Å². The summed E-state index contributed by atoms with van der Waals surface area (Å²) in [6, 6.07) is 13.8. The van der Waals surface area contributed by atoms with Gasteiger partial charge < -0.3 is 24.6 Å². The van der Waals surface area contributed by atoms with Gasteiger partial charge in [0, 0.05) is 6.42 Å². The zero-order valence-electron chi connectivity index (χ0n) is 17.1. The Labute approximate surface area is 170 Å². The van der Waals surface area contributed by atoms with Crippen LogP contribution >= 0.6 is 0 Å². The lowest BCUT2D eigenvalue weighted by Gasteiger charge is -2.22. The Morgan fingerprint density at radius 1 is 1.03 bits per heavy atom. The van der Waals surface area contributed by atoms with E-state index in [1.54, 1.807) is 39.0 Å². The summed E-state index contributed by atoms with van der Waals surface area (Å²) in [4.78, 5) is 23.5. The standard InChI is InChI=1S/C22H27NO6/c1-22(2,3)29-21(26)23-17(20(24)25)12-16-10-11-18(19(13-16)27-4)28-14-15-8-6-5-7-9-15/h5-11,13,17H,12,14H2,1-4H3,(H,23,26)(H,24,25). The van der Waals surface area contributed by atoms with E-state index in [0.29, 0.717) is 23.7 Å². The maximum atomic E-state index is 11.9. The van der Waals surface area contributed by atoms with Gasteiger partial charge in [-0.2, -0.15) is 0 Å². The summed E-state index contributed by atoms with van der Waals surface area (Å²) in [6.07, 6.45) is -0.705. The smallest absolute Gasteiger partial charge is 0.408 e. The van der Waals surface area contributed by atoms with Crippen LogP contribution in [0.5, 0.6) is 11.5 Å². The van der Waals surface area contributed by atoms with E-state index in [1.165, 1.54) is 7.11 Å². The van der Waals surface area contributed by atoms with Crippen LogP contribution in [0.4, 0.5) is 4.79 Å². The summed E-state index contributed by atoms with van der Waals surface area (Å²) in [7, 11) is 1.52. The lowest BCUT2D eigenvalue weighted by atomic mass is 10.1. The van der Waals surface area contributed by atoms with Crippen LogP contribution < -0.4 is 14.8 Å². The zero-order valence-corrected chi connectivity index (χ0v) is 17.1. The Morgan fingerprint density at radius 3 is 2.31 bits per heavy atom. The fourth-order valence-electron chi connectivity index (χ4n) is 2.58. The minimum absolute atomic E-state index is 0.0733. The van der Waals surface area contributed by atoms with Gasteiger partial charge in [-0.1, -0.05) is 36.4 Å². The van der Waals surface area contributed by atoms with Gasteiger partial charge in [0.1, 0.15) is 18.2 Å². The molecule has 2 rings (SSSR count). The Bertz CT molecular complexity index is 829. The first-order valence-electron chi connectivity index (χ1n) is 9.24. The highest BCUT2D eigenvalue weighted by molar-refractivity contribution is 5.80. The summed E-state index contributed by atoms with van der Waals surface area (Å²) in [5.74, 6) is -0.119. The monoisotopic (exact) mass is 401 g/mol. The maximum absolute atomic E-state index is 11.9. The van der Waals surface area contributed by atoms with Gasteiger partial charge in [0.2, 0.25) is 0 Å². The van der Waals surface area contributed by atoms with Crippen LogP contribution in [0.2, 0.25) is 0 Å². The fraction of sp³-hybridized carbons (Fsp3) is 0.364. The number of carboxylic acids is 1. The quantitative estimate of drug-likeness (QED) is 0.699. The molecule has 0 fully saturated rings. The van der Waals surface area contributed by atoms with Gasteiger partial charge in [-0.3, -0.25) is 0 Å². The second kappa shape index (κ2) is 9.82. The van der Waals surface area contributed by atoms with E-state index in [9.17, 15) is 14.7 Å². The Balaban J connectivity index is 2.06. The number of amides is 1. The van der Waals surface area contributed by atoms with Crippen molar-refractivity contribution in [1.82, 2.24) is 5.32 Å². The number of hydrogen-bond acceptors (Lipinski definition) is 5. The lowest BCUT2D eigenvalue weighted by molar-refractivity contribution is -0.139. The lowest BCUT2D eigenvalue weighted by Crippen LogP contribution is -2.44. The van der Waals surface area contributed by atoms with Gasteiger partial charge in [0.05, 0.1) is 7.11 Å². The van der Waals surface area contributed by atoms with E-state index >= 15 is 0 Å². The third kappa shape index (κ3) is 7.37. The number of carboxylic acid groups (broad SMARTS) is 1. The number of benzene rings is 2. The average molecular weight is 401 g/mol. The summed E-state index contributed by atoms with van der Waals surface area (Å²) >= 11 is 0. The van der Waals surface area contributed by atoms with E-state index in [2.05, 4.69) is 5.32 Å². The number of ether oxygens (including phenoxy) is 3. The van der Waals surface area contributed by atoms with Crippen molar-refractivity contribution in [3.05, 3.63) is 59.7 Å². The third-order valence-corrected chi connectivity index (χ3v) is 3.89. The van der Waals surface area contributed by atoms with Crippen molar-refractivity contribution in [3.63, 3.8) is 0 Å². The number of carbonyl (C=O) groups is 2. The SMILES string of the molecule is COc1cc(CC(NC(=O)OC(C)(C)C)C(=O)O)ccc1OCc1ccccc1. The maximum Gasteiger partial charge on any atom is 0.408 e. The van der Waals surface area contributed by atoms with Gasteiger partial charge in [0.15, 0.2) is 11.5 Å². The first-order chi connectivity index (χ1) is 13.7. The van der Waals surface area contributed by atoms with Crippen molar-refractivity contribution in [2.75, 3.05) is 7.11 Å². The summed E-state index contributed by atoms with van der Waals surface area (Å²) in [5, 5.41) is 11.8. The van der Waals surface area contributed by atoms with Crippen LogP contribution in [0.15, 0.2) is 48.5 Å². The van der Waals surface area contributed by atoms with Gasteiger partial charge in [-0.15, -0.1) is 0 Å². The van der Waals surface area contributed by atoms with Gasteiger partial charge >= 0.3 is 12.1 Å². The molecule has 2 N–H and O–H groups in total. The predicted molar refractivity (Wildman–Crippen MR) is 108 cm³/mol. The molecule has 2 aromatic carbocycles. The normalized spacial score (nSPS) is 12.0. The molecule has 0 radical (unpaired) electrons. The second-order valence-electron chi connectivity index (χ2n) is 7.50. The topological polar surface area (TPSA) is 94.1 Å². The summed E-state index contributed by atoms with van der Waals surface area (Å²) < 4.78 is 16.3. The van der Waals surface area contributed by atoms with Crippen LogP contribution in [0, 0.1) is 0 Å². The molecule has 0 aromatic heterocycles. The molecule has 7 heteroatoms. The largest absolute Gasteiger partial charge is 0.493 e. The van der Waals surface area contributed by atoms with Crippen LogP contribution in [0.25, 0.3) is 0 Å². The number of carbonyl (C=O) groups excluding carboxylic acids is 1. The molecule has 29 heavy (non-hydrogen) atoms. The molecule has 0 spiro atoms. The molecule has 0 heterocycles. The van der Waals surface area contributed by atoms with Crippen molar-refractivity contribution in [2.45, 2.75) is 45.4 Å². The first-order valence-corrected chi connectivity index (χ1v) is 9.24. The molecular weight excluding hydrogens is 374 g/mol. The zero-order chi connectivity index (χ0) is 21.4. The average Bonchev–Trinajstić information content (AvgIpc) is 2.65. The third-order valence-electron chi connectivity index (χ3n) is 3.89. The van der Waals surface area contributed by atoms with Crippen molar-refractivity contribution in [2.24, 2.45) is 0 Å². The summed E-state index contributed by atoms with van der Waals surface area (Å²) in [5.41, 5.74) is 0.983. The van der Waals surface area contributed by atoms with E-state index < -0.39 is 23.7 Å². The van der Waals surface area contributed by atoms with Crippen LogP contribution in [0.1, 0.15) is 31.9 Å². The van der Waals surface area contributed by atoms with Crippen molar-refractivity contribution in [1.29, 1.82) is 0 Å². The minimum atomic E-state index is -1.15. The van der Waals surface area contributed by atoms with Gasteiger partial charge in [0.25, 0.3) is 0 Å². The molecule has 0 aliphatic heterocycles. The molecule has 2 aromatic rings. The molecular formula is C22H27NO6. The Morgan fingerprint density at radius 2 is 1.72 bits per heavy atom. The molecule has 0 saturated carbocycles. The van der Waals surface area contributed by atoms with Crippen molar-refractivity contribution in [3.8, 4) is 11.5 Å². The van der Waals surface area contributed by atoms with E-state index in [-0.39, 0.29) is 6.42 Å². The molecule has 1 unspecified atom stereocenters. The Kier molecular flexibility index (Phi) is 7.47. The molecule has 0 aliphatic rings. The molecule has 156 valence electrons. The molecule has 1 atom stereocenters. The predicted octanol–water partition coefficient (Wildman–Crippen LogP) is 3.79. The van der Waals surface area contributed by atoms with E-state index in [0.717, 1.165) is 5.56 Å². The van der Waals surface area contributed by atoms with Crippen molar-refractivity contribution < 1.29 is 28.9 Å². The highest BCUT2D eigenvalue weighted by Crippen LogP contribution is 2.29. The molecule has 0 saturated heterocycles. The van der Waals surface area contributed by atoms with Crippen LogP contribution in [-0.2, 0) is 22.6 Å². The number of hydrogen-bond donors (Lipinski definition) is 2. The summed E-state index contributed by atoms with van der Waals surface area (Å²) in [6.45, 7) is 5.51. The van der Waals surface area contributed by atoms with Gasteiger partial charge in [-0.25, -0.2) is 9.59 Å². The second-order valence-corrected chi connectivity index (χ2v) is 7.50. The fourth-order valence-corrected chi connectivity index (χ4v) is 2.58. The molecule has 0 aliphatic carbocycles. The molecule has 1 amide bonds. The van der Waals surface area contributed by atoms with Crippen LogP contribution in [0.3, 0.4) is 0 Å². The number of methoxy groups -OCH3 is 1. The van der Waals surface area contributed by atoms with E-state index in [1.807, 2.05) is 30.3 Å². The Hall–Kier alpha value is -3.22. The van der Waals surface area contributed by atoms with Crippen LogP contribution in [-0.4, -0.2) is 35.9 Å². The molecule has 0 bridgehead atoms. The number of nitrogens with one attached hydrogen (secondary N) is 1. The highest BCUT2D eigenvalue weighted by atomic mass is 16.6.